The van der Waals surface area contributed by atoms with Crippen molar-refractivity contribution >= 4 is 27.7 Å². The van der Waals surface area contributed by atoms with Gasteiger partial charge in [-0.1, -0.05) is 70.4 Å². The summed E-state index contributed by atoms with van der Waals surface area (Å²) in [7, 11) is -3.99. The van der Waals surface area contributed by atoms with Gasteiger partial charge in [0.2, 0.25) is 15.9 Å². The summed E-state index contributed by atoms with van der Waals surface area (Å²) in [6, 6.07) is 8.08. The Kier molecular flexibility index (Phi) is 8.97. The molecule has 8 nitrogen and oxygen atoms in total. The van der Waals surface area contributed by atoms with Crippen LogP contribution in [0, 0.1) is 24.2 Å². The van der Waals surface area contributed by atoms with Crippen LogP contribution in [0.3, 0.4) is 0 Å². The molecule has 2 aliphatic rings. The average molecular weight is 609 g/mol. The second kappa shape index (κ2) is 11.9. The van der Waals surface area contributed by atoms with Crippen molar-refractivity contribution in [2.45, 2.75) is 84.1 Å². The Morgan fingerprint density at radius 1 is 1.00 bits per heavy atom. The Balaban J connectivity index is 1.94. The maximum absolute atomic E-state index is 14.4. The quantitative estimate of drug-likeness (QED) is 0.451. The second-order valence-electron chi connectivity index (χ2n) is 12.6. The van der Waals surface area contributed by atoms with E-state index < -0.39 is 57.1 Å². The number of aryl methyl sites for hydroxylation is 1. The first-order valence-corrected chi connectivity index (χ1v) is 16.1. The van der Waals surface area contributed by atoms with Crippen LogP contribution < -0.4 is 10.0 Å². The maximum atomic E-state index is 14.4. The number of alkyl halides is 3. The van der Waals surface area contributed by atoms with Crippen molar-refractivity contribution < 1.29 is 31.2 Å². The number of anilines is 1. The molecule has 4 atom stereocenters. The largest absolute Gasteiger partial charge is 0.416 e. The Morgan fingerprint density at radius 3 is 2.17 bits per heavy atom. The number of benzene rings is 1. The van der Waals surface area contributed by atoms with E-state index in [4.69, 9.17) is 0 Å². The van der Waals surface area contributed by atoms with Gasteiger partial charge in [-0.15, -0.1) is 0 Å². The number of amides is 2. The summed E-state index contributed by atoms with van der Waals surface area (Å²) >= 11 is 0. The van der Waals surface area contributed by atoms with Gasteiger partial charge >= 0.3 is 6.18 Å². The van der Waals surface area contributed by atoms with E-state index in [1.807, 2.05) is 32.9 Å². The number of hydrogen-bond acceptors (Lipinski definition) is 6. The number of sulfonamides is 1. The van der Waals surface area contributed by atoms with Gasteiger partial charge in [0.15, 0.2) is 0 Å². The monoisotopic (exact) mass is 608 g/mol. The molecule has 2 N–H and O–H groups in total. The Hall–Kier alpha value is -3.15. The van der Waals surface area contributed by atoms with E-state index in [1.54, 1.807) is 18.2 Å². The fraction of sp³-hybridized carbons (Fsp3) is 0.567. The van der Waals surface area contributed by atoms with Gasteiger partial charge < -0.3 is 10.2 Å². The molecule has 42 heavy (non-hydrogen) atoms. The third kappa shape index (κ3) is 7.07. The van der Waals surface area contributed by atoms with Gasteiger partial charge in [0.25, 0.3) is 5.91 Å². The van der Waals surface area contributed by atoms with Crippen molar-refractivity contribution in [3.05, 3.63) is 59.3 Å². The van der Waals surface area contributed by atoms with Crippen LogP contribution in [0.4, 0.5) is 19.0 Å². The van der Waals surface area contributed by atoms with Crippen molar-refractivity contribution in [3.8, 4) is 0 Å². The van der Waals surface area contributed by atoms with Crippen LogP contribution in [-0.4, -0.2) is 48.5 Å². The summed E-state index contributed by atoms with van der Waals surface area (Å²) in [6.07, 6.45) is 0.269. The van der Waals surface area contributed by atoms with Gasteiger partial charge in [-0.3, -0.25) is 14.3 Å². The first-order valence-electron chi connectivity index (χ1n) is 14.2. The van der Waals surface area contributed by atoms with E-state index in [0.717, 1.165) is 37.7 Å². The van der Waals surface area contributed by atoms with Crippen LogP contribution in [0.25, 0.3) is 0 Å². The summed E-state index contributed by atoms with van der Waals surface area (Å²) in [5, 5.41) is 3.20. The zero-order chi connectivity index (χ0) is 31.0. The normalized spacial score (nSPS) is 24.0. The number of nitrogens with zero attached hydrogens (tertiary/aromatic N) is 2. The lowest BCUT2D eigenvalue weighted by atomic mass is 9.72. The molecule has 1 aliphatic carbocycles. The van der Waals surface area contributed by atoms with Gasteiger partial charge in [0.05, 0.1) is 23.9 Å². The van der Waals surface area contributed by atoms with Crippen LogP contribution >= 0.6 is 0 Å². The molecule has 1 saturated carbocycles. The predicted molar refractivity (Wildman–Crippen MR) is 154 cm³/mol. The second-order valence-corrected chi connectivity index (χ2v) is 14.3. The van der Waals surface area contributed by atoms with Crippen molar-refractivity contribution in [1.82, 2.24) is 14.6 Å². The summed E-state index contributed by atoms with van der Waals surface area (Å²) in [5.41, 5.74) is -0.759. The van der Waals surface area contributed by atoms with Gasteiger partial charge in [0.1, 0.15) is 11.9 Å². The Labute approximate surface area is 245 Å². The fourth-order valence-electron chi connectivity index (χ4n) is 6.55. The molecule has 0 spiro atoms. The standard InChI is InChI=1S/C30H39F3N4O4S/c1-18-16-21(30(31,32)33)17-22(34-18)35-24-23(29(2,3)4)26(27(38)36-42(5,40)41)37(25(24)19-12-8-6-9-13-19)28(39)20-14-10-7-11-15-20/h6,8-9,12-13,16-17,20,23-26H,7,10-11,14-15H2,1-5H3,(H,34,35)(H,36,38). The van der Waals surface area contributed by atoms with E-state index in [1.165, 1.54) is 11.8 Å². The molecule has 4 unspecified atom stereocenters. The lowest BCUT2D eigenvalue weighted by Gasteiger charge is -2.37. The van der Waals surface area contributed by atoms with E-state index in [-0.39, 0.29) is 23.3 Å². The van der Waals surface area contributed by atoms with Gasteiger partial charge in [-0.2, -0.15) is 13.2 Å². The molecule has 4 rings (SSSR count). The number of halogens is 3. The maximum Gasteiger partial charge on any atom is 0.416 e. The molecule has 2 heterocycles. The van der Waals surface area contributed by atoms with Crippen LogP contribution in [0.15, 0.2) is 42.5 Å². The van der Waals surface area contributed by atoms with Crippen molar-refractivity contribution in [3.63, 3.8) is 0 Å². The Bertz CT molecular complexity index is 1400. The highest BCUT2D eigenvalue weighted by Crippen LogP contribution is 2.50. The fourth-order valence-corrected chi connectivity index (χ4v) is 7.04. The number of rotatable bonds is 6. The number of carbonyl (C=O) groups is 2. The van der Waals surface area contributed by atoms with Crippen molar-refractivity contribution in [2.24, 2.45) is 17.3 Å². The molecule has 12 heteroatoms. The van der Waals surface area contributed by atoms with Gasteiger partial charge in [-0.05, 0) is 42.9 Å². The topological polar surface area (TPSA) is 108 Å². The van der Waals surface area contributed by atoms with Gasteiger partial charge in [-0.25, -0.2) is 13.4 Å². The molecule has 2 fully saturated rings. The molecule has 1 aliphatic heterocycles. The molecule has 0 radical (unpaired) electrons. The molecule has 0 bridgehead atoms. The van der Waals surface area contributed by atoms with Crippen LogP contribution in [0.5, 0.6) is 0 Å². The SMILES string of the molecule is Cc1cc(C(F)(F)F)cc(NC2C(c3ccccc3)N(C(=O)C3CCCCC3)C(C(=O)NS(C)(=O)=O)C2C(C)(C)C)n1. The minimum atomic E-state index is -4.61. The lowest BCUT2D eigenvalue weighted by Crippen LogP contribution is -2.53. The van der Waals surface area contributed by atoms with Crippen molar-refractivity contribution in [2.75, 3.05) is 11.6 Å². The lowest BCUT2D eigenvalue weighted by molar-refractivity contribution is -0.145. The number of pyridine rings is 1. The molecule has 2 aromatic rings. The predicted octanol–water partition coefficient (Wildman–Crippen LogP) is 5.46. The molecule has 1 aromatic carbocycles. The smallest absolute Gasteiger partial charge is 0.364 e. The highest BCUT2D eigenvalue weighted by Gasteiger charge is 2.59. The van der Waals surface area contributed by atoms with Crippen LogP contribution in [-0.2, 0) is 25.8 Å². The summed E-state index contributed by atoms with van der Waals surface area (Å²) in [4.78, 5) is 34.1. The molecular formula is C30H39F3N4O4S. The van der Waals surface area contributed by atoms with Crippen LogP contribution in [0.1, 0.15) is 75.7 Å². The third-order valence-electron chi connectivity index (χ3n) is 8.17. The summed E-state index contributed by atoms with van der Waals surface area (Å²) in [5.74, 6) is -2.22. The number of nitrogens with one attached hydrogen (secondary N) is 2. The Morgan fingerprint density at radius 2 is 1.62 bits per heavy atom. The molecule has 2 amide bonds. The summed E-state index contributed by atoms with van der Waals surface area (Å²) in [6.45, 7) is 7.07. The number of carbonyl (C=O) groups excluding carboxylic acids is 2. The van der Waals surface area contributed by atoms with Crippen LogP contribution in [0.2, 0.25) is 0 Å². The van der Waals surface area contributed by atoms with E-state index >= 15 is 0 Å². The molecule has 230 valence electrons. The minimum Gasteiger partial charge on any atom is -0.364 e. The third-order valence-corrected chi connectivity index (χ3v) is 8.74. The first kappa shape index (κ1) is 31.8. The average Bonchev–Trinajstić information content (AvgIpc) is 3.23. The number of hydrogen-bond donors (Lipinski definition) is 2. The minimum absolute atomic E-state index is 0.0447. The van der Waals surface area contributed by atoms with E-state index in [0.29, 0.717) is 18.4 Å². The molecular weight excluding hydrogens is 569 g/mol. The van der Waals surface area contributed by atoms with Crippen molar-refractivity contribution in [1.29, 1.82) is 0 Å². The number of likely N-dealkylation sites (tertiary alicyclic amines) is 1. The highest BCUT2D eigenvalue weighted by atomic mass is 32.2. The van der Waals surface area contributed by atoms with Gasteiger partial charge in [0, 0.05) is 17.5 Å². The van der Waals surface area contributed by atoms with E-state index in [2.05, 4.69) is 15.0 Å². The summed E-state index contributed by atoms with van der Waals surface area (Å²) < 4.78 is 67.9. The van der Waals surface area contributed by atoms with E-state index in [9.17, 15) is 31.2 Å². The molecule has 1 saturated heterocycles. The highest BCUT2D eigenvalue weighted by molar-refractivity contribution is 7.89. The first-order chi connectivity index (χ1) is 19.5. The zero-order valence-electron chi connectivity index (χ0n) is 24.5. The zero-order valence-corrected chi connectivity index (χ0v) is 25.3. The number of aromatic nitrogens is 1. The molecule has 1 aromatic heterocycles.